The summed E-state index contributed by atoms with van der Waals surface area (Å²) in [6, 6.07) is 20.3. The largest absolute Gasteiger partial charge is 0.451 e. The summed E-state index contributed by atoms with van der Waals surface area (Å²) in [6.07, 6.45) is 0. The molecule has 0 aliphatic rings. The summed E-state index contributed by atoms with van der Waals surface area (Å²) in [5.74, 6) is -0.973. The lowest BCUT2D eigenvalue weighted by molar-refractivity contribution is -0.124. The molecule has 1 aromatic heterocycles. The molecule has 5 heteroatoms. The van der Waals surface area contributed by atoms with Crippen LogP contribution in [0.1, 0.15) is 29.0 Å². The number of hydrogen-bond acceptors (Lipinski definition) is 4. The van der Waals surface area contributed by atoms with Crippen molar-refractivity contribution in [3.8, 4) is 0 Å². The van der Waals surface area contributed by atoms with Gasteiger partial charge in [-0.25, -0.2) is 9.78 Å². The molecule has 0 unspecified atom stereocenters. The minimum Gasteiger partial charge on any atom is -0.451 e. The maximum atomic E-state index is 12.1. The van der Waals surface area contributed by atoms with Crippen molar-refractivity contribution in [3.63, 3.8) is 0 Å². The fourth-order valence-corrected chi connectivity index (χ4v) is 2.49. The highest BCUT2D eigenvalue weighted by molar-refractivity contribution is 5.92. The van der Waals surface area contributed by atoms with Crippen molar-refractivity contribution in [1.82, 2.24) is 10.3 Å². The van der Waals surface area contributed by atoms with Crippen LogP contribution < -0.4 is 5.32 Å². The zero-order valence-corrected chi connectivity index (χ0v) is 13.8. The van der Waals surface area contributed by atoms with E-state index in [1.54, 1.807) is 12.1 Å². The molecule has 1 heterocycles. The van der Waals surface area contributed by atoms with Gasteiger partial charge in [-0.3, -0.25) is 4.79 Å². The molecule has 1 atom stereocenters. The molecule has 3 aromatic rings. The van der Waals surface area contributed by atoms with Gasteiger partial charge in [-0.15, -0.1) is 0 Å². The molecular weight excluding hydrogens is 316 g/mol. The van der Waals surface area contributed by atoms with Crippen LogP contribution in [0.15, 0.2) is 66.7 Å². The molecule has 0 aliphatic carbocycles. The topological polar surface area (TPSA) is 68.3 Å². The fraction of sp³-hybridized carbons (Fsp3) is 0.150. The van der Waals surface area contributed by atoms with Crippen LogP contribution in [0.3, 0.4) is 0 Å². The second-order valence-electron chi connectivity index (χ2n) is 5.67. The molecule has 126 valence electrons. The van der Waals surface area contributed by atoms with Crippen LogP contribution in [0.5, 0.6) is 0 Å². The zero-order valence-electron chi connectivity index (χ0n) is 13.8. The van der Waals surface area contributed by atoms with Crippen LogP contribution >= 0.6 is 0 Å². The number of aromatic nitrogens is 1. The quantitative estimate of drug-likeness (QED) is 0.727. The summed E-state index contributed by atoms with van der Waals surface area (Å²) in [5, 5.41) is 3.73. The van der Waals surface area contributed by atoms with E-state index in [9.17, 15) is 9.59 Å². The number of carbonyl (C=O) groups excluding carboxylic acids is 2. The molecule has 0 spiro atoms. The zero-order chi connectivity index (χ0) is 17.6. The Kier molecular flexibility index (Phi) is 5.04. The third-order valence-corrected chi connectivity index (χ3v) is 3.82. The van der Waals surface area contributed by atoms with Crippen molar-refractivity contribution < 1.29 is 14.3 Å². The van der Waals surface area contributed by atoms with Gasteiger partial charge in [-0.05, 0) is 24.6 Å². The highest BCUT2D eigenvalue weighted by Crippen LogP contribution is 2.13. The van der Waals surface area contributed by atoms with Crippen molar-refractivity contribution in [1.29, 1.82) is 0 Å². The molecular formula is C20H18N2O3. The number of carbonyl (C=O) groups is 2. The fourth-order valence-electron chi connectivity index (χ4n) is 2.49. The Morgan fingerprint density at radius 1 is 1.00 bits per heavy atom. The van der Waals surface area contributed by atoms with Gasteiger partial charge in [-0.1, -0.05) is 54.6 Å². The van der Waals surface area contributed by atoms with Gasteiger partial charge in [-0.2, -0.15) is 0 Å². The maximum absolute atomic E-state index is 12.1. The number of nitrogens with one attached hydrogen (secondary N) is 1. The summed E-state index contributed by atoms with van der Waals surface area (Å²) < 4.78 is 5.06. The second-order valence-corrected chi connectivity index (χ2v) is 5.67. The molecule has 1 amide bonds. The maximum Gasteiger partial charge on any atom is 0.357 e. The smallest absolute Gasteiger partial charge is 0.357 e. The lowest BCUT2D eigenvalue weighted by Gasteiger charge is -2.14. The van der Waals surface area contributed by atoms with Crippen LogP contribution in [-0.4, -0.2) is 23.5 Å². The van der Waals surface area contributed by atoms with Gasteiger partial charge in [0.25, 0.3) is 5.91 Å². The SMILES string of the molecule is C[C@@H](NC(=O)COC(=O)c1ccc2ccccc2n1)c1ccccc1. The number of pyridine rings is 1. The summed E-state index contributed by atoms with van der Waals surface area (Å²) in [7, 11) is 0. The summed E-state index contributed by atoms with van der Waals surface area (Å²) in [5.41, 5.74) is 1.88. The first kappa shape index (κ1) is 16.6. The standard InChI is InChI=1S/C20H18N2O3/c1-14(15-7-3-2-4-8-15)21-19(23)13-25-20(24)18-12-11-16-9-5-6-10-17(16)22-18/h2-12,14H,13H2,1H3,(H,21,23)/t14-/m1/s1. The van der Waals surface area contributed by atoms with Crippen molar-refractivity contribution in [2.24, 2.45) is 0 Å². The molecule has 0 aliphatic heterocycles. The van der Waals surface area contributed by atoms with E-state index in [1.807, 2.05) is 61.5 Å². The van der Waals surface area contributed by atoms with E-state index in [4.69, 9.17) is 4.74 Å². The molecule has 5 nitrogen and oxygen atoms in total. The third-order valence-electron chi connectivity index (χ3n) is 3.82. The summed E-state index contributed by atoms with van der Waals surface area (Å²) in [6.45, 7) is 1.53. The molecule has 0 fully saturated rings. The number of fused-ring (bicyclic) bond motifs is 1. The minimum absolute atomic E-state index is 0.161. The van der Waals surface area contributed by atoms with E-state index < -0.39 is 5.97 Å². The van der Waals surface area contributed by atoms with Gasteiger partial charge in [0.05, 0.1) is 11.6 Å². The van der Waals surface area contributed by atoms with Crippen molar-refractivity contribution in [3.05, 3.63) is 78.0 Å². The van der Waals surface area contributed by atoms with Gasteiger partial charge in [0.15, 0.2) is 6.61 Å². The molecule has 2 aromatic carbocycles. The lowest BCUT2D eigenvalue weighted by atomic mass is 10.1. The van der Waals surface area contributed by atoms with Crippen molar-refractivity contribution in [2.45, 2.75) is 13.0 Å². The summed E-state index contributed by atoms with van der Waals surface area (Å²) in [4.78, 5) is 28.3. The number of nitrogens with zero attached hydrogens (tertiary/aromatic N) is 1. The number of ether oxygens (including phenoxy) is 1. The average Bonchev–Trinajstić information content (AvgIpc) is 2.66. The van der Waals surface area contributed by atoms with E-state index >= 15 is 0 Å². The first-order valence-corrected chi connectivity index (χ1v) is 8.01. The number of amides is 1. The Hall–Kier alpha value is -3.21. The predicted molar refractivity (Wildman–Crippen MR) is 95.0 cm³/mol. The van der Waals surface area contributed by atoms with E-state index in [-0.39, 0.29) is 24.2 Å². The van der Waals surface area contributed by atoms with Crippen molar-refractivity contribution in [2.75, 3.05) is 6.61 Å². The van der Waals surface area contributed by atoms with Crippen LogP contribution in [0, 0.1) is 0 Å². The first-order chi connectivity index (χ1) is 12.1. The highest BCUT2D eigenvalue weighted by atomic mass is 16.5. The van der Waals surface area contributed by atoms with Gasteiger partial charge < -0.3 is 10.1 Å². The van der Waals surface area contributed by atoms with Crippen molar-refractivity contribution >= 4 is 22.8 Å². The first-order valence-electron chi connectivity index (χ1n) is 8.01. The average molecular weight is 334 g/mol. The Morgan fingerprint density at radius 3 is 2.52 bits per heavy atom. The van der Waals surface area contributed by atoms with Gasteiger partial charge in [0, 0.05) is 5.39 Å². The van der Waals surface area contributed by atoms with E-state index in [0.717, 1.165) is 10.9 Å². The van der Waals surface area contributed by atoms with Crippen LogP contribution in [0.25, 0.3) is 10.9 Å². The molecule has 3 rings (SSSR count). The second kappa shape index (κ2) is 7.57. The molecule has 0 saturated carbocycles. The van der Waals surface area contributed by atoms with Gasteiger partial charge in [0.1, 0.15) is 5.69 Å². The van der Waals surface area contributed by atoms with Crippen LogP contribution in [0.2, 0.25) is 0 Å². The Balaban J connectivity index is 1.56. The van der Waals surface area contributed by atoms with E-state index in [0.29, 0.717) is 5.52 Å². The molecule has 0 saturated heterocycles. The Morgan fingerprint density at radius 2 is 1.72 bits per heavy atom. The Labute approximate surface area is 145 Å². The number of para-hydroxylation sites is 1. The Bertz CT molecular complexity index is 894. The van der Waals surface area contributed by atoms with Crippen LogP contribution in [-0.2, 0) is 9.53 Å². The molecule has 1 N–H and O–H groups in total. The molecule has 0 radical (unpaired) electrons. The normalized spacial score (nSPS) is 11.7. The molecule has 0 bridgehead atoms. The number of benzene rings is 2. The number of esters is 1. The summed E-state index contributed by atoms with van der Waals surface area (Å²) >= 11 is 0. The predicted octanol–water partition coefficient (Wildman–Crippen LogP) is 3.27. The minimum atomic E-state index is -0.617. The van der Waals surface area contributed by atoms with E-state index in [1.165, 1.54) is 0 Å². The van der Waals surface area contributed by atoms with Gasteiger partial charge >= 0.3 is 5.97 Å². The van der Waals surface area contributed by atoms with E-state index in [2.05, 4.69) is 10.3 Å². The highest BCUT2D eigenvalue weighted by Gasteiger charge is 2.14. The van der Waals surface area contributed by atoms with Gasteiger partial charge in [0.2, 0.25) is 0 Å². The lowest BCUT2D eigenvalue weighted by Crippen LogP contribution is -2.31. The number of hydrogen-bond donors (Lipinski definition) is 1. The van der Waals surface area contributed by atoms with Crippen LogP contribution in [0.4, 0.5) is 0 Å². The third kappa shape index (κ3) is 4.20. The molecule has 25 heavy (non-hydrogen) atoms. The monoisotopic (exact) mass is 334 g/mol. The number of rotatable bonds is 5.